The first-order valence-corrected chi connectivity index (χ1v) is 6.84. The van der Waals surface area contributed by atoms with Gasteiger partial charge < -0.3 is 5.32 Å². The number of hydrogen-bond acceptors (Lipinski definition) is 2. The second kappa shape index (κ2) is 5.98. The molecule has 0 aliphatic rings. The number of benzene rings is 1. The Morgan fingerprint density at radius 2 is 1.84 bits per heavy atom. The number of aryl methyl sites for hydroxylation is 3. The zero-order valence-electron chi connectivity index (χ0n) is 12.2. The van der Waals surface area contributed by atoms with E-state index in [1.165, 1.54) is 27.8 Å². The highest BCUT2D eigenvalue weighted by atomic mass is 14.9. The molecule has 0 saturated heterocycles. The van der Waals surface area contributed by atoms with Crippen LogP contribution < -0.4 is 5.32 Å². The van der Waals surface area contributed by atoms with Crippen LogP contribution in [0.15, 0.2) is 36.7 Å². The first-order chi connectivity index (χ1) is 9.13. The molecule has 1 N–H and O–H groups in total. The molecule has 19 heavy (non-hydrogen) atoms. The van der Waals surface area contributed by atoms with Crippen LogP contribution in [0.25, 0.3) is 0 Å². The van der Waals surface area contributed by atoms with Crippen molar-refractivity contribution in [3.05, 3.63) is 64.5 Å². The Balaban J connectivity index is 2.45. The molecule has 2 heteroatoms. The van der Waals surface area contributed by atoms with Crippen LogP contribution in [0.4, 0.5) is 0 Å². The summed E-state index contributed by atoms with van der Waals surface area (Å²) >= 11 is 0. The van der Waals surface area contributed by atoms with Crippen molar-refractivity contribution in [1.29, 1.82) is 0 Å². The SMILES string of the molecule is CCNC(c1ccc(C)c(C)c1)c1ccncc1C. The number of rotatable bonds is 4. The van der Waals surface area contributed by atoms with Crippen LogP contribution in [0.3, 0.4) is 0 Å². The van der Waals surface area contributed by atoms with E-state index in [0.29, 0.717) is 0 Å². The Morgan fingerprint density at radius 3 is 2.47 bits per heavy atom. The number of nitrogens with one attached hydrogen (secondary N) is 1. The summed E-state index contributed by atoms with van der Waals surface area (Å²) in [6.45, 7) is 9.53. The van der Waals surface area contributed by atoms with Crippen LogP contribution >= 0.6 is 0 Å². The van der Waals surface area contributed by atoms with E-state index in [-0.39, 0.29) is 6.04 Å². The summed E-state index contributed by atoms with van der Waals surface area (Å²) in [6, 6.07) is 9.05. The minimum atomic E-state index is 0.243. The van der Waals surface area contributed by atoms with Gasteiger partial charge in [0, 0.05) is 12.4 Å². The third kappa shape index (κ3) is 3.02. The second-order valence-corrected chi connectivity index (χ2v) is 5.07. The average molecular weight is 254 g/mol. The second-order valence-electron chi connectivity index (χ2n) is 5.07. The maximum absolute atomic E-state index is 4.19. The summed E-state index contributed by atoms with van der Waals surface area (Å²) in [4.78, 5) is 4.19. The van der Waals surface area contributed by atoms with Crippen molar-refractivity contribution < 1.29 is 0 Å². The lowest BCUT2D eigenvalue weighted by Gasteiger charge is -2.21. The summed E-state index contributed by atoms with van der Waals surface area (Å²) < 4.78 is 0. The molecule has 0 amide bonds. The predicted octanol–water partition coefficient (Wildman–Crippen LogP) is 3.71. The molecule has 0 aliphatic heterocycles. The third-order valence-electron chi connectivity index (χ3n) is 3.65. The Bertz CT molecular complexity index is 561. The van der Waals surface area contributed by atoms with Crippen molar-refractivity contribution in [3.8, 4) is 0 Å². The lowest BCUT2D eigenvalue weighted by Crippen LogP contribution is -2.23. The molecule has 1 heterocycles. The van der Waals surface area contributed by atoms with E-state index < -0.39 is 0 Å². The van der Waals surface area contributed by atoms with Gasteiger partial charge in [0.1, 0.15) is 0 Å². The van der Waals surface area contributed by atoms with Crippen LogP contribution in [0.1, 0.15) is 40.8 Å². The van der Waals surface area contributed by atoms with Gasteiger partial charge in [-0.2, -0.15) is 0 Å². The van der Waals surface area contributed by atoms with Crippen LogP contribution in [0, 0.1) is 20.8 Å². The summed E-state index contributed by atoms with van der Waals surface area (Å²) in [5, 5.41) is 3.57. The fourth-order valence-corrected chi connectivity index (χ4v) is 2.36. The van der Waals surface area contributed by atoms with Gasteiger partial charge in [-0.05, 0) is 61.2 Å². The van der Waals surface area contributed by atoms with Crippen LogP contribution in [-0.2, 0) is 0 Å². The molecule has 2 nitrogen and oxygen atoms in total. The maximum atomic E-state index is 4.19. The van der Waals surface area contributed by atoms with Gasteiger partial charge in [-0.15, -0.1) is 0 Å². The summed E-state index contributed by atoms with van der Waals surface area (Å²) in [6.07, 6.45) is 3.80. The lowest BCUT2D eigenvalue weighted by atomic mass is 9.94. The molecule has 0 saturated carbocycles. The molecule has 1 unspecified atom stereocenters. The Labute approximate surface area is 115 Å². The highest BCUT2D eigenvalue weighted by Crippen LogP contribution is 2.25. The van der Waals surface area contributed by atoms with Gasteiger partial charge in [-0.3, -0.25) is 4.98 Å². The smallest absolute Gasteiger partial charge is 0.0580 e. The zero-order chi connectivity index (χ0) is 13.8. The van der Waals surface area contributed by atoms with Crippen molar-refractivity contribution in [2.75, 3.05) is 6.54 Å². The van der Waals surface area contributed by atoms with Crippen molar-refractivity contribution >= 4 is 0 Å². The first-order valence-electron chi connectivity index (χ1n) is 6.84. The average Bonchev–Trinajstić information content (AvgIpc) is 2.40. The molecule has 1 aromatic carbocycles. The molecule has 2 aromatic rings. The van der Waals surface area contributed by atoms with E-state index in [1.807, 2.05) is 12.4 Å². The fraction of sp³-hybridized carbons (Fsp3) is 0.353. The maximum Gasteiger partial charge on any atom is 0.0580 e. The van der Waals surface area contributed by atoms with Gasteiger partial charge in [-0.1, -0.05) is 25.1 Å². The number of pyridine rings is 1. The Hall–Kier alpha value is -1.67. The van der Waals surface area contributed by atoms with Crippen molar-refractivity contribution in [3.63, 3.8) is 0 Å². The quantitative estimate of drug-likeness (QED) is 0.899. The molecule has 0 bridgehead atoms. The summed E-state index contributed by atoms with van der Waals surface area (Å²) in [7, 11) is 0. The largest absolute Gasteiger partial charge is 0.307 e. The van der Waals surface area contributed by atoms with Gasteiger partial charge in [-0.25, -0.2) is 0 Å². The van der Waals surface area contributed by atoms with Crippen molar-refractivity contribution in [1.82, 2.24) is 10.3 Å². The highest BCUT2D eigenvalue weighted by molar-refractivity contribution is 5.39. The van der Waals surface area contributed by atoms with E-state index in [0.717, 1.165) is 6.54 Å². The molecule has 2 rings (SSSR count). The van der Waals surface area contributed by atoms with Crippen LogP contribution in [0.2, 0.25) is 0 Å². The monoisotopic (exact) mass is 254 g/mol. The van der Waals surface area contributed by atoms with E-state index in [9.17, 15) is 0 Å². The minimum Gasteiger partial charge on any atom is -0.307 e. The van der Waals surface area contributed by atoms with E-state index in [1.54, 1.807) is 0 Å². The number of nitrogens with zero attached hydrogens (tertiary/aromatic N) is 1. The predicted molar refractivity (Wildman–Crippen MR) is 80.4 cm³/mol. The normalized spacial score (nSPS) is 12.4. The highest BCUT2D eigenvalue weighted by Gasteiger charge is 2.15. The molecular weight excluding hydrogens is 232 g/mol. The van der Waals surface area contributed by atoms with Crippen molar-refractivity contribution in [2.45, 2.75) is 33.7 Å². The third-order valence-corrected chi connectivity index (χ3v) is 3.65. The molecule has 0 fully saturated rings. The molecule has 100 valence electrons. The van der Waals surface area contributed by atoms with Crippen LogP contribution in [-0.4, -0.2) is 11.5 Å². The molecule has 0 spiro atoms. The van der Waals surface area contributed by atoms with Gasteiger partial charge in [0.25, 0.3) is 0 Å². The zero-order valence-corrected chi connectivity index (χ0v) is 12.2. The van der Waals surface area contributed by atoms with Crippen molar-refractivity contribution in [2.24, 2.45) is 0 Å². The van der Waals surface area contributed by atoms with E-state index >= 15 is 0 Å². The van der Waals surface area contributed by atoms with E-state index in [4.69, 9.17) is 0 Å². The minimum absolute atomic E-state index is 0.243. The van der Waals surface area contributed by atoms with Gasteiger partial charge in [0.05, 0.1) is 6.04 Å². The molecular formula is C17H22N2. The van der Waals surface area contributed by atoms with Gasteiger partial charge in [0.2, 0.25) is 0 Å². The lowest BCUT2D eigenvalue weighted by molar-refractivity contribution is 0.626. The van der Waals surface area contributed by atoms with Gasteiger partial charge >= 0.3 is 0 Å². The van der Waals surface area contributed by atoms with Gasteiger partial charge in [0.15, 0.2) is 0 Å². The fourth-order valence-electron chi connectivity index (χ4n) is 2.36. The Kier molecular flexibility index (Phi) is 4.33. The van der Waals surface area contributed by atoms with Crippen LogP contribution in [0.5, 0.6) is 0 Å². The van der Waals surface area contributed by atoms with E-state index in [2.05, 4.69) is 62.3 Å². The molecule has 1 atom stereocenters. The summed E-state index contributed by atoms with van der Waals surface area (Å²) in [5.41, 5.74) is 6.53. The standard InChI is InChI=1S/C17H22N2/c1-5-19-17(16-8-9-18-11-14(16)4)15-7-6-12(2)13(3)10-15/h6-11,17,19H,5H2,1-4H3. The molecule has 0 aliphatic carbocycles. The molecule has 0 radical (unpaired) electrons. The summed E-state index contributed by atoms with van der Waals surface area (Å²) in [5.74, 6) is 0. The first kappa shape index (κ1) is 13.8. The molecule has 1 aromatic heterocycles. The topological polar surface area (TPSA) is 24.9 Å². The Morgan fingerprint density at radius 1 is 1.05 bits per heavy atom. The number of aromatic nitrogens is 1. The number of hydrogen-bond donors (Lipinski definition) is 1.